The van der Waals surface area contributed by atoms with Crippen LogP contribution in [-0.4, -0.2) is 222 Å². The first kappa shape index (κ1) is 116. The number of rotatable bonds is 41. The zero-order valence-electron chi connectivity index (χ0n) is 78.9. The van der Waals surface area contributed by atoms with Crippen LogP contribution in [-0.2, 0) is 170 Å². The highest BCUT2D eigenvalue weighted by Crippen LogP contribution is 2.29. The van der Waals surface area contributed by atoms with Crippen LogP contribution in [0.3, 0.4) is 0 Å². The monoisotopic (exact) mass is 2000 g/mol. The van der Waals surface area contributed by atoms with Crippen molar-refractivity contribution in [1.29, 1.82) is 0 Å². The van der Waals surface area contributed by atoms with E-state index in [0.717, 1.165) is 53.6 Å². The zero-order chi connectivity index (χ0) is 104. The van der Waals surface area contributed by atoms with Gasteiger partial charge in [-0.1, -0.05) is 212 Å². The average Bonchev–Trinajstić information content (AvgIpc) is 1.64. The second-order valence-electron chi connectivity index (χ2n) is 33.3. The highest BCUT2D eigenvalue weighted by Gasteiger charge is 2.46. The second kappa shape index (κ2) is 60.9. The zero-order valence-corrected chi connectivity index (χ0v) is 79.7. The fourth-order valence-corrected chi connectivity index (χ4v) is 14.2. The summed E-state index contributed by atoms with van der Waals surface area (Å²) < 4.78 is 41.4. The number of hydrogen-bond donors (Lipinski definition) is 8. The first-order valence-corrected chi connectivity index (χ1v) is 45.3. The fourth-order valence-electron chi connectivity index (χ4n) is 14.2. The molecule has 0 aromatic heterocycles. The number of amides is 11. The highest BCUT2D eigenvalue weighted by atomic mass is 35.5. The molecule has 7 aromatic carbocycles. The first-order valence-electron chi connectivity index (χ1n) is 45.3. The normalized spacial score (nSPS) is 15.5. The van der Waals surface area contributed by atoms with Gasteiger partial charge in [-0.05, 0) is 105 Å². The molecule has 41 nitrogen and oxygen atoms in total. The van der Waals surface area contributed by atoms with Crippen LogP contribution in [0.2, 0.25) is 0 Å². The number of nitrogens with zero attached hydrogens (tertiary/aromatic N) is 4. The third-order valence-electron chi connectivity index (χ3n) is 21.5. The van der Waals surface area contributed by atoms with Gasteiger partial charge in [0.2, 0.25) is 47.3 Å². The van der Waals surface area contributed by atoms with Crippen molar-refractivity contribution in [2.24, 2.45) is 23.3 Å². The molecule has 0 bridgehead atoms. The molecule has 0 aliphatic carbocycles. The number of halogens is 1. The number of nitrogens with two attached hydrogens (primary N) is 2. The van der Waals surface area contributed by atoms with Gasteiger partial charge in [-0.3, -0.25) is 96.3 Å². The summed E-state index contributed by atoms with van der Waals surface area (Å²) in [6.07, 6.45) is -3.15. The molecule has 42 heteroatoms. The Morgan fingerprint density at radius 2 is 0.629 bits per heavy atom. The largest absolute Gasteiger partial charge is 0.481 e. The topological polar surface area (TPSA) is 594 Å². The van der Waals surface area contributed by atoms with Crippen LogP contribution in [0.25, 0.3) is 0 Å². The molecule has 11 rings (SSSR count). The van der Waals surface area contributed by atoms with Gasteiger partial charge in [0, 0.05) is 57.8 Å². The van der Waals surface area contributed by atoms with Crippen molar-refractivity contribution in [3.63, 3.8) is 0 Å². The number of carboxylic acid groups (broad SMARTS) is 3. The van der Waals surface area contributed by atoms with E-state index in [2.05, 4.69) is 16.0 Å². The Balaban J connectivity index is 0.000000283. The Kier molecular flexibility index (Phi) is 49.4. The quantitative estimate of drug-likeness (QED) is 0.0131. The highest BCUT2D eigenvalue weighted by molar-refractivity contribution is 6.07. The Morgan fingerprint density at radius 1 is 0.357 bits per heavy atom. The predicted octanol–water partition coefficient (Wildman–Crippen LogP) is 8.55. The molecule has 0 unspecified atom stereocenters. The fraction of sp³-hybridized carbons (Fsp3) is 0.376. The minimum absolute atomic E-state index is 0. The van der Waals surface area contributed by atoms with Crippen molar-refractivity contribution in [3.05, 3.63) is 251 Å². The number of Topliss-reactive ketones (excluding diaryl/α,β-unsaturated/α-hetero) is 2. The minimum atomic E-state index is -1.28. The first-order chi connectivity index (χ1) is 67.9. The van der Waals surface area contributed by atoms with Gasteiger partial charge in [-0.25, -0.2) is 24.0 Å². The van der Waals surface area contributed by atoms with Gasteiger partial charge in [0.05, 0.1) is 30.5 Å². The summed E-state index contributed by atoms with van der Waals surface area (Å²) in [6.45, 7) is 3.72. The molecule has 7 atom stereocenters. The van der Waals surface area contributed by atoms with Crippen molar-refractivity contribution in [2.75, 3.05) is 26.2 Å². The molecule has 10 N–H and O–H groups in total. The Morgan fingerprint density at radius 3 is 0.944 bits per heavy atom. The number of carboxylic acids is 3. The number of hydrogen-bond acceptors (Lipinski definition) is 31. The lowest BCUT2D eigenvalue weighted by Crippen LogP contribution is -2.49. The summed E-state index contributed by atoms with van der Waals surface area (Å²) in [6, 6.07) is 58.8. The molecule has 7 aromatic rings. The number of nitrogens with one attached hydrogen (secondary N) is 3. The van der Waals surface area contributed by atoms with Gasteiger partial charge < -0.3 is 80.6 Å². The Hall–Kier alpha value is -15.8. The summed E-state index contributed by atoms with van der Waals surface area (Å²) in [5.41, 5.74) is 15.9. The van der Waals surface area contributed by atoms with E-state index in [9.17, 15) is 101 Å². The summed E-state index contributed by atoms with van der Waals surface area (Å²) in [5.74, 6) is -14.7. The molecule has 4 aliphatic heterocycles. The maximum absolute atomic E-state index is 13.5. The van der Waals surface area contributed by atoms with Crippen LogP contribution in [0.4, 0.5) is 14.4 Å². The third kappa shape index (κ3) is 41.7. The number of ether oxygens (including phenoxy) is 8. The van der Waals surface area contributed by atoms with Crippen LogP contribution in [0.15, 0.2) is 212 Å². The van der Waals surface area contributed by atoms with Gasteiger partial charge in [0.1, 0.15) is 89.6 Å². The minimum Gasteiger partial charge on any atom is -0.481 e. The lowest BCUT2D eigenvalue weighted by molar-refractivity contribution is -0.165. The van der Waals surface area contributed by atoms with Crippen molar-refractivity contribution in [1.82, 2.24) is 35.6 Å². The maximum Gasteiger partial charge on any atom is 0.407 e. The number of carbonyl (C=O) groups excluding carboxylic acids is 18. The van der Waals surface area contributed by atoms with Gasteiger partial charge in [0.25, 0.3) is 0 Å². The summed E-state index contributed by atoms with van der Waals surface area (Å²) in [7, 11) is 0. The van der Waals surface area contributed by atoms with Crippen molar-refractivity contribution < 1.29 is 154 Å². The molecule has 0 radical (unpaired) electrons. The second-order valence-corrected chi connectivity index (χ2v) is 33.3. The van der Waals surface area contributed by atoms with E-state index in [1.807, 2.05) is 127 Å². The number of likely N-dealkylation sites (tertiary alicyclic amines) is 4. The maximum atomic E-state index is 13.5. The summed E-state index contributed by atoms with van der Waals surface area (Å²) in [5, 5.41) is 33.4. The number of benzene rings is 7. The molecule has 143 heavy (non-hydrogen) atoms. The van der Waals surface area contributed by atoms with Crippen LogP contribution in [0.1, 0.15) is 162 Å². The average molecular weight is 2000 g/mol. The summed E-state index contributed by atoms with van der Waals surface area (Å²) in [4.78, 5) is 255. The number of aliphatic carboxylic acids is 3. The Labute approximate surface area is 829 Å². The van der Waals surface area contributed by atoms with E-state index in [-0.39, 0.29) is 161 Å². The van der Waals surface area contributed by atoms with Crippen LogP contribution >= 0.6 is 12.4 Å². The van der Waals surface area contributed by atoms with E-state index in [4.69, 9.17) is 64.7 Å². The van der Waals surface area contributed by atoms with E-state index >= 15 is 0 Å². The van der Waals surface area contributed by atoms with Crippen molar-refractivity contribution in [2.45, 2.75) is 206 Å². The molecule has 4 saturated heterocycles. The van der Waals surface area contributed by atoms with Crippen LogP contribution in [0.5, 0.6) is 0 Å². The number of carbonyl (C=O) groups is 21. The van der Waals surface area contributed by atoms with E-state index in [1.165, 1.54) is 0 Å². The molecular weight excluding hydrogens is 1890 g/mol. The number of alkyl carbamates (subject to hydrolysis) is 3. The summed E-state index contributed by atoms with van der Waals surface area (Å²) >= 11 is 0. The van der Waals surface area contributed by atoms with Gasteiger partial charge in [-0.2, -0.15) is 0 Å². The Bertz CT molecular complexity index is 5470. The molecule has 0 saturated carbocycles. The van der Waals surface area contributed by atoms with E-state index in [1.54, 1.807) is 106 Å². The van der Waals surface area contributed by atoms with Crippen molar-refractivity contribution in [3.8, 4) is 0 Å². The van der Waals surface area contributed by atoms with Gasteiger partial charge in [0.15, 0.2) is 11.6 Å². The number of imide groups is 4. The molecule has 4 fully saturated rings. The molecule has 4 aliphatic rings. The molecule has 4 heterocycles. The smallest absolute Gasteiger partial charge is 0.407 e. The third-order valence-corrected chi connectivity index (χ3v) is 21.5. The number of ketones is 2. The molecule has 0 spiro atoms. The van der Waals surface area contributed by atoms with Crippen molar-refractivity contribution >= 4 is 137 Å². The van der Waals surface area contributed by atoms with E-state index < -0.39 is 199 Å². The molecule has 11 amide bonds. The van der Waals surface area contributed by atoms with Gasteiger partial charge in [-0.15, -0.1) is 12.4 Å². The lowest BCUT2D eigenvalue weighted by Gasteiger charge is -2.26. The number of esters is 5. The van der Waals surface area contributed by atoms with E-state index in [0.29, 0.717) is 4.90 Å². The molecule has 764 valence electrons. The van der Waals surface area contributed by atoms with Gasteiger partial charge >= 0.3 is 66.0 Å². The SMILES string of the molecule is CC(C)(C)OC(=O)[C@@H]1CCC(=O)N1C(=O)CNC(=O)OCc1ccccc1.Cl.NCC(=O)N1C(=O)CC[C@H]1C(=O)C[C@@H](CCC(=O)O)C(=O)O.N[C@@H](CCC(=O)OCc1ccccc1)C(=O)OCc1ccccc1.O=C(CC[C@H](CC(=O)[C@@H]1CCC(=O)N1C(=O)CNC(=O)OCc1ccccc1)C(=O)OCc1ccccc1)OCc1ccccc1.O=C(NCC(=O)N1C(=O)CC[C@H]1C(=O)O)OCc1ccccc1. The van der Waals surface area contributed by atoms with Crippen LogP contribution in [0, 0.1) is 11.8 Å². The lowest BCUT2D eigenvalue weighted by atomic mass is 9.93. The van der Waals surface area contributed by atoms with Crippen LogP contribution < -0.4 is 27.4 Å². The predicted molar refractivity (Wildman–Crippen MR) is 505 cm³/mol. The standard InChI is InChI=1S/C35H36N2O9.C19H24N2O6.C19H21NO4.C15H16N2O6.C13H18N2O7.ClH/c38-30(29-17-18-31(39)37(29)32(40)21-36-35(43)46-24-27-14-8-3-9-15-27)20-28(34(42)45-23-26-12-6-2-7-13-26)16-19-33(41)44-22-25-10-4-1-5-11-25;1-19(2,3)27-17(24)14-9-10-15(22)21(14)16(23)11-20-18(25)26-12-13-7-5-4-6-8-13;20-17(19(22)24-14-16-9-5-2-6-10-16)11-12-18(21)23-13-15-7-3-1-4-8-15;18-12-7-6-11(14(20)21)17(12)13(19)8-16-15(22)23-9-10-4-2-1-3-5-10;14-6-11(18)15-8(2-3-10(15)17)9(16)5-7(13(21)22)1-4-12(19)20;/h1-15,28-29H,16-24H2,(H,36,43);4-8,14H,9-12H2,1-3H3,(H,20,25);1-10,17H,11-14,20H2;1-5,11H,6-9H2,(H,16,22)(H,20,21);7-8H,1-6,14H2,(H,19,20)(H,21,22);1H/t28-,29+;14-;17-;11-;7-,8+;/m10001./s1. The molecular formula is C101H116ClN9O32.